The number of anilines is 1. The van der Waals surface area contributed by atoms with Crippen LogP contribution in [0.1, 0.15) is 25.7 Å². The fraction of sp³-hybridized carbons (Fsp3) is 0. The van der Waals surface area contributed by atoms with E-state index in [1.165, 1.54) is 17.4 Å². The van der Waals surface area contributed by atoms with E-state index >= 15 is 0 Å². The van der Waals surface area contributed by atoms with E-state index in [0.717, 1.165) is 5.69 Å². The SMILES string of the molecule is O=C(/C=C/c1ccccn1)c1ccc(NC(=O)c2cccs2)cc1. The number of amides is 1. The number of nitrogens with one attached hydrogen (secondary N) is 1. The van der Waals surface area contributed by atoms with E-state index in [2.05, 4.69) is 10.3 Å². The van der Waals surface area contributed by atoms with E-state index in [1.807, 2.05) is 29.6 Å². The van der Waals surface area contributed by atoms with Crippen LogP contribution < -0.4 is 5.32 Å². The summed E-state index contributed by atoms with van der Waals surface area (Å²) in [4.78, 5) is 28.9. The Morgan fingerprint density at radius 2 is 1.83 bits per heavy atom. The third-order valence-corrected chi connectivity index (χ3v) is 4.13. The molecule has 0 spiro atoms. The van der Waals surface area contributed by atoms with Crippen molar-refractivity contribution in [2.24, 2.45) is 0 Å². The first-order valence-electron chi connectivity index (χ1n) is 7.31. The van der Waals surface area contributed by atoms with Crippen LogP contribution >= 0.6 is 11.3 Å². The summed E-state index contributed by atoms with van der Waals surface area (Å²) in [6.45, 7) is 0. The smallest absolute Gasteiger partial charge is 0.265 e. The summed E-state index contributed by atoms with van der Waals surface area (Å²) in [5.74, 6) is -0.268. The van der Waals surface area contributed by atoms with Gasteiger partial charge in [-0.15, -0.1) is 11.3 Å². The molecule has 2 heterocycles. The van der Waals surface area contributed by atoms with Gasteiger partial charge in [0.05, 0.1) is 10.6 Å². The van der Waals surface area contributed by atoms with Crippen molar-refractivity contribution in [3.63, 3.8) is 0 Å². The van der Waals surface area contributed by atoms with Crippen molar-refractivity contribution in [3.05, 3.63) is 88.4 Å². The largest absolute Gasteiger partial charge is 0.321 e. The Bertz CT molecular complexity index is 854. The van der Waals surface area contributed by atoms with Crippen LogP contribution in [0, 0.1) is 0 Å². The second kappa shape index (κ2) is 7.48. The molecule has 5 heteroatoms. The van der Waals surface area contributed by atoms with Gasteiger partial charge in [0, 0.05) is 17.4 Å². The number of carbonyl (C=O) groups is 2. The number of aromatic nitrogens is 1. The van der Waals surface area contributed by atoms with E-state index in [1.54, 1.807) is 42.6 Å². The highest BCUT2D eigenvalue weighted by Crippen LogP contribution is 2.15. The van der Waals surface area contributed by atoms with Crippen molar-refractivity contribution in [2.45, 2.75) is 0 Å². The molecule has 0 bridgehead atoms. The van der Waals surface area contributed by atoms with Gasteiger partial charge in [0.25, 0.3) is 5.91 Å². The molecule has 0 unspecified atom stereocenters. The Morgan fingerprint density at radius 1 is 1.00 bits per heavy atom. The highest BCUT2D eigenvalue weighted by molar-refractivity contribution is 7.12. The Balaban J connectivity index is 1.64. The highest BCUT2D eigenvalue weighted by atomic mass is 32.1. The molecule has 0 fully saturated rings. The molecule has 0 saturated heterocycles. The minimum absolute atomic E-state index is 0.114. The first-order valence-corrected chi connectivity index (χ1v) is 8.19. The standard InChI is InChI=1S/C19H14N2O2S/c22-17(11-10-15-4-1-2-12-20-15)14-6-8-16(9-7-14)21-19(23)18-5-3-13-24-18/h1-13H,(H,21,23)/b11-10+. The van der Waals surface area contributed by atoms with E-state index in [-0.39, 0.29) is 11.7 Å². The number of allylic oxidation sites excluding steroid dienone is 1. The van der Waals surface area contributed by atoms with Crippen molar-refractivity contribution >= 4 is 34.8 Å². The summed E-state index contributed by atoms with van der Waals surface area (Å²) < 4.78 is 0. The molecule has 0 atom stereocenters. The Labute approximate surface area is 143 Å². The van der Waals surface area contributed by atoms with Crippen LogP contribution in [-0.2, 0) is 0 Å². The summed E-state index contributed by atoms with van der Waals surface area (Å²) in [6.07, 6.45) is 4.84. The molecule has 24 heavy (non-hydrogen) atoms. The van der Waals surface area contributed by atoms with Gasteiger partial charge in [0.1, 0.15) is 0 Å². The summed E-state index contributed by atoms with van der Waals surface area (Å²) in [7, 11) is 0. The van der Waals surface area contributed by atoms with Crippen LogP contribution in [0.25, 0.3) is 6.08 Å². The molecular weight excluding hydrogens is 320 g/mol. The van der Waals surface area contributed by atoms with E-state index in [0.29, 0.717) is 16.1 Å². The van der Waals surface area contributed by atoms with Crippen LogP contribution in [0.2, 0.25) is 0 Å². The molecule has 0 aliphatic carbocycles. The third kappa shape index (κ3) is 4.02. The zero-order chi connectivity index (χ0) is 16.8. The minimum Gasteiger partial charge on any atom is -0.321 e. The molecular formula is C19H14N2O2S. The number of pyridine rings is 1. The fourth-order valence-electron chi connectivity index (χ4n) is 2.05. The molecule has 3 aromatic rings. The number of nitrogens with zero attached hydrogens (tertiary/aromatic N) is 1. The van der Waals surface area contributed by atoms with Gasteiger partial charge in [-0.1, -0.05) is 12.1 Å². The third-order valence-electron chi connectivity index (χ3n) is 3.27. The maximum atomic E-state index is 12.1. The number of benzene rings is 1. The minimum atomic E-state index is -0.154. The number of rotatable bonds is 5. The van der Waals surface area contributed by atoms with Gasteiger partial charge in [-0.25, -0.2) is 0 Å². The summed E-state index contributed by atoms with van der Waals surface area (Å²) in [5, 5.41) is 4.65. The number of hydrogen-bond donors (Lipinski definition) is 1. The van der Waals surface area contributed by atoms with Crippen molar-refractivity contribution in [1.29, 1.82) is 0 Å². The van der Waals surface area contributed by atoms with E-state index in [9.17, 15) is 9.59 Å². The Kier molecular flexibility index (Phi) is 4.93. The lowest BCUT2D eigenvalue weighted by Crippen LogP contribution is -2.10. The number of hydrogen-bond acceptors (Lipinski definition) is 4. The maximum absolute atomic E-state index is 12.1. The van der Waals surface area contributed by atoms with Gasteiger partial charge in [-0.3, -0.25) is 14.6 Å². The second-order valence-corrected chi connectivity index (χ2v) is 5.91. The quantitative estimate of drug-likeness (QED) is 0.559. The normalized spacial score (nSPS) is 10.7. The predicted molar refractivity (Wildman–Crippen MR) is 96.3 cm³/mol. The van der Waals surface area contributed by atoms with E-state index < -0.39 is 0 Å². The van der Waals surface area contributed by atoms with Gasteiger partial charge in [-0.05, 0) is 60.0 Å². The zero-order valence-corrected chi connectivity index (χ0v) is 13.5. The molecule has 0 aliphatic rings. The van der Waals surface area contributed by atoms with Gasteiger partial charge in [0.2, 0.25) is 0 Å². The number of thiophene rings is 1. The van der Waals surface area contributed by atoms with Crippen molar-refractivity contribution in [3.8, 4) is 0 Å². The van der Waals surface area contributed by atoms with Gasteiger partial charge in [0.15, 0.2) is 5.78 Å². The van der Waals surface area contributed by atoms with Crippen LogP contribution in [0.15, 0.2) is 72.3 Å². The van der Waals surface area contributed by atoms with Crippen LogP contribution in [0.3, 0.4) is 0 Å². The Morgan fingerprint density at radius 3 is 2.50 bits per heavy atom. The first kappa shape index (κ1) is 15.8. The van der Waals surface area contributed by atoms with Crippen molar-refractivity contribution in [2.75, 3.05) is 5.32 Å². The molecule has 1 aromatic carbocycles. The predicted octanol–water partition coefficient (Wildman–Crippen LogP) is 4.29. The molecule has 4 nitrogen and oxygen atoms in total. The lowest BCUT2D eigenvalue weighted by atomic mass is 10.1. The van der Waals surface area contributed by atoms with Crippen LogP contribution in [0.4, 0.5) is 5.69 Å². The highest BCUT2D eigenvalue weighted by Gasteiger charge is 2.07. The number of carbonyl (C=O) groups excluding carboxylic acids is 2. The number of ketones is 1. The average molecular weight is 334 g/mol. The van der Waals surface area contributed by atoms with Crippen molar-refractivity contribution < 1.29 is 9.59 Å². The molecule has 3 rings (SSSR count). The lowest BCUT2D eigenvalue weighted by molar-refractivity contribution is 0.102. The molecule has 0 saturated carbocycles. The molecule has 2 aromatic heterocycles. The monoisotopic (exact) mass is 334 g/mol. The average Bonchev–Trinajstić information content (AvgIpc) is 3.16. The fourth-order valence-corrected chi connectivity index (χ4v) is 2.67. The zero-order valence-electron chi connectivity index (χ0n) is 12.7. The topological polar surface area (TPSA) is 59.1 Å². The second-order valence-electron chi connectivity index (χ2n) is 4.96. The summed E-state index contributed by atoms with van der Waals surface area (Å²) >= 11 is 1.38. The molecule has 0 radical (unpaired) electrons. The summed E-state index contributed by atoms with van der Waals surface area (Å²) in [5.41, 5.74) is 1.93. The van der Waals surface area contributed by atoms with Gasteiger partial charge >= 0.3 is 0 Å². The molecule has 118 valence electrons. The Hall–Kier alpha value is -3.05. The van der Waals surface area contributed by atoms with Crippen molar-refractivity contribution in [1.82, 2.24) is 4.98 Å². The lowest BCUT2D eigenvalue weighted by Gasteiger charge is -2.04. The first-order chi connectivity index (χ1) is 11.7. The van der Waals surface area contributed by atoms with Gasteiger partial charge in [-0.2, -0.15) is 0 Å². The van der Waals surface area contributed by atoms with Gasteiger partial charge < -0.3 is 5.32 Å². The molecule has 0 aliphatic heterocycles. The molecule has 1 N–H and O–H groups in total. The van der Waals surface area contributed by atoms with Crippen LogP contribution in [-0.4, -0.2) is 16.7 Å². The van der Waals surface area contributed by atoms with E-state index in [4.69, 9.17) is 0 Å². The van der Waals surface area contributed by atoms with Crippen LogP contribution in [0.5, 0.6) is 0 Å². The summed E-state index contributed by atoms with van der Waals surface area (Å²) in [6, 6.07) is 15.9. The molecule has 1 amide bonds. The maximum Gasteiger partial charge on any atom is 0.265 e.